The molecule has 2 heteroatoms. The van der Waals surface area contributed by atoms with Gasteiger partial charge >= 0.3 is 0 Å². The quantitative estimate of drug-likeness (QED) is 0.784. The SMILES string of the molecule is CCCc1c(O)ccc2cccnc12. The Hall–Kier alpha value is -1.57. The minimum absolute atomic E-state index is 0.359. The topological polar surface area (TPSA) is 33.1 Å². The Labute approximate surface area is 83.2 Å². The number of aromatic hydroxyl groups is 1. The lowest BCUT2D eigenvalue weighted by Crippen LogP contribution is -1.89. The van der Waals surface area contributed by atoms with E-state index < -0.39 is 0 Å². The Morgan fingerprint density at radius 3 is 2.93 bits per heavy atom. The number of hydrogen-bond acceptors (Lipinski definition) is 2. The summed E-state index contributed by atoms with van der Waals surface area (Å²) in [5.41, 5.74) is 1.89. The van der Waals surface area contributed by atoms with Crippen LogP contribution >= 0.6 is 0 Å². The van der Waals surface area contributed by atoms with Gasteiger partial charge in [0.2, 0.25) is 0 Å². The van der Waals surface area contributed by atoms with Gasteiger partial charge in [0.1, 0.15) is 5.75 Å². The van der Waals surface area contributed by atoms with Gasteiger partial charge in [0, 0.05) is 17.1 Å². The van der Waals surface area contributed by atoms with E-state index in [0.717, 1.165) is 29.3 Å². The normalized spacial score (nSPS) is 10.6. The molecule has 0 bridgehead atoms. The molecule has 0 amide bonds. The number of fused-ring (bicyclic) bond motifs is 1. The predicted octanol–water partition coefficient (Wildman–Crippen LogP) is 2.89. The second kappa shape index (κ2) is 3.66. The van der Waals surface area contributed by atoms with E-state index >= 15 is 0 Å². The summed E-state index contributed by atoms with van der Waals surface area (Å²) in [6, 6.07) is 7.57. The maximum absolute atomic E-state index is 9.70. The van der Waals surface area contributed by atoms with Crippen LogP contribution in [0.15, 0.2) is 30.5 Å². The Morgan fingerprint density at radius 1 is 1.29 bits per heavy atom. The Bertz CT molecular complexity index is 451. The lowest BCUT2D eigenvalue weighted by molar-refractivity contribution is 0.468. The molecule has 0 atom stereocenters. The monoisotopic (exact) mass is 187 g/mol. The lowest BCUT2D eigenvalue weighted by atomic mass is 10.0. The summed E-state index contributed by atoms with van der Waals surface area (Å²) in [6.07, 6.45) is 3.66. The number of hydrogen-bond donors (Lipinski definition) is 1. The molecule has 14 heavy (non-hydrogen) atoms. The summed E-state index contributed by atoms with van der Waals surface area (Å²) in [5, 5.41) is 10.8. The lowest BCUT2D eigenvalue weighted by Gasteiger charge is -2.06. The molecular weight excluding hydrogens is 174 g/mol. The first kappa shape index (κ1) is 9.00. The molecule has 72 valence electrons. The Kier molecular flexibility index (Phi) is 2.35. The van der Waals surface area contributed by atoms with Gasteiger partial charge in [-0.3, -0.25) is 4.98 Å². The second-order valence-electron chi connectivity index (χ2n) is 3.39. The van der Waals surface area contributed by atoms with Crippen molar-refractivity contribution in [2.75, 3.05) is 0 Å². The van der Waals surface area contributed by atoms with Gasteiger partial charge in [-0.15, -0.1) is 0 Å². The third-order valence-electron chi connectivity index (χ3n) is 2.35. The molecule has 2 nitrogen and oxygen atoms in total. The molecule has 0 aliphatic heterocycles. The van der Waals surface area contributed by atoms with Crippen molar-refractivity contribution in [1.82, 2.24) is 4.98 Å². The van der Waals surface area contributed by atoms with E-state index in [1.165, 1.54) is 0 Å². The zero-order valence-electron chi connectivity index (χ0n) is 8.20. The molecular formula is C12H13NO. The van der Waals surface area contributed by atoms with E-state index in [0.29, 0.717) is 5.75 Å². The molecule has 1 aromatic heterocycles. The molecule has 2 aromatic rings. The van der Waals surface area contributed by atoms with Crippen LogP contribution in [0.4, 0.5) is 0 Å². The predicted molar refractivity (Wildman–Crippen MR) is 57.4 cm³/mol. The number of aromatic nitrogens is 1. The van der Waals surface area contributed by atoms with Gasteiger partial charge in [0.25, 0.3) is 0 Å². The van der Waals surface area contributed by atoms with Crippen molar-refractivity contribution in [2.24, 2.45) is 0 Å². The van der Waals surface area contributed by atoms with Crippen LogP contribution in [0.1, 0.15) is 18.9 Å². The second-order valence-corrected chi connectivity index (χ2v) is 3.39. The summed E-state index contributed by atoms with van der Waals surface area (Å²) < 4.78 is 0. The molecule has 0 radical (unpaired) electrons. The third kappa shape index (κ3) is 1.43. The molecule has 0 spiro atoms. The van der Waals surface area contributed by atoms with Crippen LogP contribution < -0.4 is 0 Å². The largest absolute Gasteiger partial charge is 0.508 e. The molecule has 1 heterocycles. The smallest absolute Gasteiger partial charge is 0.120 e. The van der Waals surface area contributed by atoms with Crippen LogP contribution in [0.2, 0.25) is 0 Å². The van der Waals surface area contributed by atoms with Crippen molar-refractivity contribution in [3.05, 3.63) is 36.0 Å². The van der Waals surface area contributed by atoms with Crippen LogP contribution in [-0.4, -0.2) is 10.1 Å². The summed E-state index contributed by atoms with van der Waals surface area (Å²) in [7, 11) is 0. The number of pyridine rings is 1. The number of nitrogens with zero attached hydrogens (tertiary/aromatic N) is 1. The summed E-state index contributed by atoms with van der Waals surface area (Å²) >= 11 is 0. The van der Waals surface area contributed by atoms with Crippen LogP contribution in [0.3, 0.4) is 0 Å². The van der Waals surface area contributed by atoms with E-state index in [1.807, 2.05) is 18.2 Å². The van der Waals surface area contributed by atoms with E-state index in [9.17, 15) is 5.11 Å². The highest BCUT2D eigenvalue weighted by Gasteiger charge is 2.05. The van der Waals surface area contributed by atoms with Crippen molar-refractivity contribution in [1.29, 1.82) is 0 Å². The first-order chi connectivity index (χ1) is 6.83. The highest BCUT2D eigenvalue weighted by molar-refractivity contribution is 5.83. The summed E-state index contributed by atoms with van der Waals surface area (Å²) in [5.74, 6) is 0.359. The number of benzene rings is 1. The summed E-state index contributed by atoms with van der Waals surface area (Å²) in [4.78, 5) is 4.30. The Balaban J connectivity index is 2.69. The first-order valence-corrected chi connectivity index (χ1v) is 4.88. The zero-order chi connectivity index (χ0) is 9.97. The van der Waals surface area contributed by atoms with Crippen molar-refractivity contribution in [3.8, 4) is 5.75 Å². The standard InChI is InChI=1S/C12H13NO/c1-2-4-10-11(14)7-6-9-5-3-8-13-12(9)10/h3,5-8,14H,2,4H2,1H3. The number of phenolic OH excluding ortho intramolecular Hbond substituents is 1. The fourth-order valence-corrected chi connectivity index (χ4v) is 1.69. The zero-order valence-corrected chi connectivity index (χ0v) is 8.20. The fourth-order valence-electron chi connectivity index (χ4n) is 1.69. The number of aryl methyl sites for hydroxylation is 1. The first-order valence-electron chi connectivity index (χ1n) is 4.88. The van der Waals surface area contributed by atoms with Crippen molar-refractivity contribution < 1.29 is 5.11 Å². The van der Waals surface area contributed by atoms with Crippen LogP contribution in [0, 0.1) is 0 Å². The highest BCUT2D eigenvalue weighted by atomic mass is 16.3. The molecule has 0 unspecified atom stereocenters. The fraction of sp³-hybridized carbons (Fsp3) is 0.250. The molecule has 0 aliphatic carbocycles. The van der Waals surface area contributed by atoms with Gasteiger partial charge in [0.15, 0.2) is 0 Å². The van der Waals surface area contributed by atoms with Crippen molar-refractivity contribution in [3.63, 3.8) is 0 Å². The number of rotatable bonds is 2. The molecule has 2 rings (SSSR count). The van der Waals surface area contributed by atoms with Crippen LogP contribution in [0.5, 0.6) is 5.75 Å². The van der Waals surface area contributed by atoms with Crippen molar-refractivity contribution >= 4 is 10.9 Å². The van der Waals surface area contributed by atoms with E-state index in [1.54, 1.807) is 12.3 Å². The van der Waals surface area contributed by atoms with E-state index in [4.69, 9.17) is 0 Å². The van der Waals surface area contributed by atoms with E-state index in [-0.39, 0.29) is 0 Å². The molecule has 1 aromatic carbocycles. The van der Waals surface area contributed by atoms with Crippen LogP contribution in [-0.2, 0) is 6.42 Å². The highest BCUT2D eigenvalue weighted by Crippen LogP contribution is 2.26. The van der Waals surface area contributed by atoms with Gasteiger partial charge in [0.05, 0.1) is 5.52 Å². The van der Waals surface area contributed by atoms with Gasteiger partial charge < -0.3 is 5.11 Å². The summed E-state index contributed by atoms with van der Waals surface area (Å²) in [6.45, 7) is 2.10. The van der Waals surface area contributed by atoms with Gasteiger partial charge in [-0.25, -0.2) is 0 Å². The number of phenols is 1. The molecule has 0 fully saturated rings. The maximum Gasteiger partial charge on any atom is 0.120 e. The Morgan fingerprint density at radius 2 is 2.14 bits per heavy atom. The molecule has 0 saturated heterocycles. The van der Waals surface area contributed by atoms with Gasteiger partial charge in [-0.05, 0) is 24.6 Å². The maximum atomic E-state index is 9.70. The van der Waals surface area contributed by atoms with Gasteiger partial charge in [-0.2, -0.15) is 0 Å². The minimum atomic E-state index is 0.359. The average Bonchev–Trinajstić information content (AvgIpc) is 2.23. The minimum Gasteiger partial charge on any atom is -0.508 e. The molecule has 0 aliphatic rings. The molecule has 1 N–H and O–H groups in total. The molecule has 0 saturated carbocycles. The third-order valence-corrected chi connectivity index (χ3v) is 2.35. The van der Waals surface area contributed by atoms with Crippen LogP contribution in [0.25, 0.3) is 10.9 Å². The van der Waals surface area contributed by atoms with Gasteiger partial charge in [-0.1, -0.05) is 19.4 Å². The van der Waals surface area contributed by atoms with Crippen molar-refractivity contribution in [2.45, 2.75) is 19.8 Å². The average molecular weight is 187 g/mol. The van der Waals surface area contributed by atoms with E-state index in [2.05, 4.69) is 11.9 Å².